The van der Waals surface area contributed by atoms with Crippen LogP contribution in [-0.4, -0.2) is 38.5 Å². The molecule has 0 aliphatic carbocycles. The van der Waals surface area contributed by atoms with Gasteiger partial charge in [-0.05, 0) is 60.2 Å². The van der Waals surface area contributed by atoms with E-state index in [1.165, 1.54) is 49.6 Å². The highest BCUT2D eigenvalue weighted by Gasteiger charge is 2.34. The second-order valence-corrected chi connectivity index (χ2v) is 7.57. The first-order valence-electron chi connectivity index (χ1n) is 10.8. The van der Waals surface area contributed by atoms with Gasteiger partial charge in [0.05, 0.1) is 19.9 Å². The van der Waals surface area contributed by atoms with Gasteiger partial charge in [-0.25, -0.2) is 9.40 Å². The highest BCUT2D eigenvalue weighted by molar-refractivity contribution is 6.31. The maximum atomic E-state index is 13.0. The van der Waals surface area contributed by atoms with Crippen molar-refractivity contribution in [2.24, 2.45) is 0 Å². The summed E-state index contributed by atoms with van der Waals surface area (Å²) in [5.74, 6) is -1.36. The number of benzene rings is 3. The van der Waals surface area contributed by atoms with Gasteiger partial charge < -0.3 is 19.5 Å². The van der Waals surface area contributed by atoms with E-state index in [9.17, 15) is 18.8 Å². The number of carbonyl (C=O) groups is 3. The molecule has 0 aromatic heterocycles. The summed E-state index contributed by atoms with van der Waals surface area (Å²) in [6.07, 6.45) is 1.41. The molecule has 184 valence electrons. The van der Waals surface area contributed by atoms with E-state index in [0.717, 1.165) is 0 Å². The molecule has 1 heterocycles. The average Bonchev–Trinajstić information content (AvgIpc) is 3.17. The second-order valence-electron chi connectivity index (χ2n) is 7.57. The maximum Gasteiger partial charge on any atom is 0.282 e. The van der Waals surface area contributed by atoms with E-state index in [2.05, 4.69) is 10.7 Å². The van der Waals surface area contributed by atoms with Crippen molar-refractivity contribution in [3.63, 3.8) is 0 Å². The fourth-order valence-corrected chi connectivity index (χ4v) is 3.48. The number of anilines is 2. The van der Waals surface area contributed by atoms with Crippen LogP contribution >= 0.6 is 0 Å². The first kappa shape index (κ1) is 24.3. The third kappa shape index (κ3) is 5.27. The van der Waals surface area contributed by atoms with Crippen molar-refractivity contribution in [3.05, 3.63) is 83.7 Å². The number of rotatable bonds is 8. The Kier molecular flexibility index (Phi) is 7.15. The van der Waals surface area contributed by atoms with Crippen molar-refractivity contribution < 1.29 is 33.0 Å². The Morgan fingerprint density at radius 2 is 1.64 bits per heavy atom. The smallest absolute Gasteiger partial charge is 0.282 e. The van der Waals surface area contributed by atoms with Crippen LogP contribution in [0.25, 0.3) is 6.08 Å². The van der Waals surface area contributed by atoms with Crippen molar-refractivity contribution in [2.45, 2.75) is 0 Å². The van der Waals surface area contributed by atoms with Crippen LogP contribution in [0.5, 0.6) is 17.2 Å². The molecule has 0 atom stereocenters. The van der Waals surface area contributed by atoms with E-state index in [1.54, 1.807) is 42.5 Å². The molecule has 1 aliphatic rings. The van der Waals surface area contributed by atoms with E-state index < -0.39 is 23.5 Å². The SMILES string of the molecule is COc1cc(/C=C2/C(=O)NN(c3ccccc3)C2=O)cc(OC)c1OCC(=O)Nc1ccc(F)cc1. The Labute approximate surface area is 206 Å². The molecule has 0 saturated carbocycles. The number of para-hydroxylation sites is 1. The summed E-state index contributed by atoms with van der Waals surface area (Å²) in [6.45, 7) is -0.378. The Bertz CT molecular complexity index is 1300. The summed E-state index contributed by atoms with van der Waals surface area (Å²) in [7, 11) is 2.81. The molecule has 0 unspecified atom stereocenters. The molecular weight excluding hydrogens is 469 g/mol. The van der Waals surface area contributed by atoms with Gasteiger partial charge in [-0.1, -0.05) is 18.2 Å². The quantitative estimate of drug-likeness (QED) is 0.370. The minimum absolute atomic E-state index is 0.0738. The normalized spacial score (nSPS) is 14.0. The summed E-state index contributed by atoms with van der Waals surface area (Å²) in [5.41, 5.74) is 3.85. The molecule has 1 fully saturated rings. The average molecular weight is 491 g/mol. The van der Waals surface area contributed by atoms with E-state index in [4.69, 9.17) is 14.2 Å². The van der Waals surface area contributed by atoms with Gasteiger partial charge in [0.2, 0.25) is 5.75 Å². The van der Waals surface area contributed by atoms with Gasteiger partial charge in [0, 0.05) is 5.69 Å². The van der Waals surface area contributed by atoms with E-state index in [1.807, 2.05) is 0 Å². The van der Waals surface area contributed by atoms with Crippen molar-refractivity contribution >= 4 is 35.2 Å². The van der Waals surface area contributed by atoms with Gasteiger partial charge in [-0.3, -0.25) is 19.8 Å². The second kappa shape index (κ2) is 10.6. The number of halogens is 1. The molecule has 0 spiro atoms. The van der Waals surface area contributed by atoms with Crippen LogP contribution in [-0.2, 0) is 14.4 Å². The fraction of sp³-hybridized carbons (Fsp3) is 0.115. The molecule has 3 amide bonds. The number of nitrogens with one attached hydrogen (secondary N) is 2. The monoisotopic (exact) mass is 491 g/mol. The van der Waals surface area contributed by atoms with Crippen LogP contribution in [0.1, 0.15) is 5.56 Å². The zero-order valence-electron chi connectivity index (χ0n) is 19.4. The molecule has 1 aliphatic heterocycles. The predicted molar refractivity (Wildman–Crippen MR) is 130 cm³/mol. The van der Waals surface area contributed by atoms with Gasteiger partial charge in [0.15, 0.2) is 18.1 Å². The molecule has 9 nitrogen and oxygen atoms in total. The third-order valence-electron chi connectivity index (χ3n) is 5.18. The van der Waals surface area contributed by atoms with Crippen molar-refractivity contribution in [2.75, 3.05) is 31.2 Å². The highest BCUT2D eigenvalue weighted by Crippen LogP contribution is 2.39. The van der Waals surface area contributed by atoms with E-state index in [-0.39, 0.29) is 29.4 Å². The van der Waals surface area contributed by atoms with E-state index in [0.29, 0.717) is 16.9 Å². The van der Waals surface area contributed by atoms with E-state index >= 15 is 0 Å². The van der Waals surface area contributed by atoms with Crippen LogP contribution in [0.3, 0.4) is 0 Å². The number of methoxy groups -OCH3 is 2. The number of ether oxygens (including phenoxy) is 3. The number of nitrogens with zero attached hydrogens (tertiary/aromatic N) is 1. The maximum absolute atomic E-state index is 13.0. The van der Waals surface area contributed by atoms with Crippen LogP contribution < -0.4 is 30.0 Å². The Balaban J connectivity index is 1.53. The first-order valence-corrected chi connectivity index (χ1v) is 10.8. The predicted octanol–water partition coefficient (Wildman–Crippen LogP) is 3.32. The van der Waals surface area contributed by atoms with Crippen LogP contribution in [0, 0.1) is 5.82 Å². The molecule has 1 saturated heterocycles. The summed E-state index contributed by atoms with van der Waals surface area (Å²) >= 11 is 0. The van der Waals surface area contributed by atoms with Gasteiger partial charge >= 0.3 is 0 Å². The summed E-state index contributed by atoms with van der Waals surface area (Å²) < 4.78 is 29.5. The minimum atomic E-state index is -0.556. The number of hydrazine groups is 1. The van der Waals surface area contributed by atoms with Crippen LogP contribution in [0.15, 0.2) is 72.3 Å². The summed E-state index contributed by atoms with van der Waals surface area (Å²) in [6, 6.07) is 17.1. The lowest BCUT2D eigenvalue weighted by Crippen LogP contribution is -2.35. The molecule has 10 heteroatoms. The van der Waals surface area contributed by atoms with Crippen molar-refractivity contribution in [1.29, 1.82) is 0 Å². The fourth-order valence-electron chi connectivity index (χ4n) is 3.48. The van der Waals surface area contributed by atoms with Gasteiger partial charge in [-0.2, -0.15) is 0 Å². The van der Waals surface area contributed by atoms with Gasteiger partial charge in [0.25, 0.3) is 17.7 Å². The van der Waals surface area contributed by atoms with Crippen molar-refractivity contribution in [3.8, 4) is 17.2 Å². The molecule has 36 heavy (non-hydrogen) atoms. The highest BCUT2D eigenvalue weighted by atomic mass is 19.1. The zero-order chi connectivity index (χ0) is 25.7. The molecule has 4 rings (SSSR count). The van der Waals surface area contributed by atoms with Crippen molar-refractivity contribution in [1.82, 2.24) is 5.43 Å². The third-order valence-corrected chi connectivity index (χ3v) is 5.18. The number of carbonyl (C=O) groups excluding carboxylic acids is 3. The zero-order valence-corrected chi connectivity index (χ0v) is 19.4. The lowest BCUT2D eigenvalue weighted by molar-refractivity contribution is -0.118. The Morgan fingerprint density at radius 1 is 1.00 bits per heavy atom. The topological polar surface area (TPSA) is 106 Å². The van der Waals surface area contributed by atoms with Gasteiger partial charge in [-0.15, -0.1) is 0 Å². The van der Waals surface area contributed by atoms with Crippen LogP contribution in [0.2, 0.25) is 0 Å². The molecule has 3 aromatic carbocycles. The standard InChI is InChI=1S/C26H22FN3O6/c1-34-21-13-16(12-20-25(32)29-30(26(20)33)19-6-4-3-5-7-19)14-22(35-2)24(21)36-15-23(31)28-18-10-8-17(27)9-11-18/h3-14H,15H2,1-2H3,(H,28,31)(H,29,32)/b20-12-. The molecule has 0 bridgehead atoms. The van der Waals surface area contributed by atoms with Gasteiger partial charge in [0.1, 0.15) is 11.4 Å². The Hall–Kier alpha value is -4.86. The largest absolute Gasteiger partial charge is 0.493 e. The Morgan fingerprint density at radius 3 is 2.25 bits per heavy atom. The lowest BCUT2D eigenvalue weighted by Gasteiger charge is -2.15. The number of hydrogen-bond donors (Lipinski definition) is 2. The molecule has 0 radical (unpaired) electrons. The van der Waals surface area contributed by atoms with Crippen LogP contribution in [0.4, 0.5) is 15.8 Å². The summed E-state index contributed by atoms with van der Waals surface area (Å²) in [5, 5.41) is 3.76. The molecular formula is C26H22FN3O6. The number of amides is 3. The molecule has 3 aromatic rings. The number of hydrogen-bond acceptors (Lipinski definition) is 6. The molecule has 2 N–H and O–H groups in total. The minimum Gasteiger partial charge on any atom is -0.493 e. The first-order chi connectivity index (χ1) is 17.4. The lowest BCUT2D eigenvalue weighted by atomic mass is 10.1. The summed E-state index contributed by atoms with van der Waals surface area (Å²) in [4.78, 5) is 37.6.